The highest BCUT2D eigenvalue weighted by atomic mass is 32.2. The maximum absolute atomic E-state index is 13.5. The fourth-order valence-electron chi connectivity index (χ4n) is 4.39. The van der Waals surface area contributed by atoms with Crippen molar-refractivity contribution in [2.75, 3.05) is 17.2 Å². The first-order chi connectivity index (χ1) is 16.9. The van der Waals surface area contributed by atoms with E-state index < -0.39 is 5.25 Å². The first-order valence-electron chi connectivity index (χ1n) is 11.7. The number of carbonyl (C=O) groups is 1. The number of nitrogen functional groups attached to an aromatic ring is 1. The van der Waals surface area contributed by atoms with E-state index in [9.17, 15) is 15.3 Å². The van der Waals surface area contributed by atoms with Gasteiger partial charge in [0, 0.05) is 17.8 Å². The predicted molar refractivity (Wildman–Crippen MR) is 140 cm³/mol. The summed E-state index contributed by atoms with van der Waals surface area (Å²) in [7, 11) is 0. The van der Waals surface area contributed by atoms with Gasteiger partial charge in [-0.05, 0) is 41.5 Å². The van der Waals surface area contributed by atoms with Crippen LogP contribution in [0.5, 0.6) is 0 Å². The first-order valence-corrected chi connectivity index (χ1v) is 12.6. The standard InChI is InChI=1S/C28H27N5OS/c1-4-24(28(34)33-14-13-19-7-5-6-8-23(19)33)35-27-22(16-30)25(21(15-29)26(31)32-27)20-11-9-18(10-12-20)17(2)3/h5-12,17,24H,4,13-14H2,1-3H3,(H2,31,32). The van der Waals surface area contributed by atoms with Gasteiger partial charge in [0.2, 0.25) is 5.91 Å². The highest BCUT2D eigenvalue weighted by Gasteiger charge is 2.31. The molecule has 2 N–H and O–H groups in total. The fourth-order valence-corrected chi connectivity index (χ4v) is 5.47. The molecular formula is C28H27N5OS. The van der Waals surface area contributed by atoms with Crippen LogP contribution in [0.4, 0.5) is 11.5 Å². The molecule has 0 aliphatic carbocycles. The van der Waals surface area contributed by atoms with Gasteiger partial charge in [-0.3, -0.25) is 4.79 Å². The lowest BCUT2D eigenvalue weighted by Crippen LogP contribution is -2.36. The molecule has 1 unspecified atom stereocenters. The Bertz CT molecular complexity index is 1350. The number of fused-ring (bicyclic) bond motifs is 1. The quantitative estimate of drug-likeness (QED) is 0.455. The van der Waals surface area contributed by atoms with Gasteiger partial charge in [-0.1, -0.05) is 75.0 Å². The summed E-state index contributed by atoms with van der Waals surface area (Å²) in [5, 5.41) is 19.9. The summed E-state index contributed by atoms with van der Waals surface area (Å²) < 4.78 is 0. The van der Waals surface area contributed by atoms with Crippen LogP contribution in [0, 0.1) is 22.7 Å². The number of pyridine rings is 1. The molecule has 7 heteroatoms. The van der Waals surface area contributed by atoms with Crippen LogP contribution in [0.1, 0.15) is 55.4 Å². The third-order valence-electron chi connectivity index (χ3n) is 6.33. The number of para-hydroxylation sites is 1. The van der Waals surface area contributed by atoms with Crippen molar-refractivity contribution >= 4 is 29.2 Å². The predicted octanol–water partition coefficient (Wildman–Crippen LogP) is 5.66. The maximum Gasteiger partial charge on any atom is 0.240 e. The average molecular weight is 482 g/mol. The zero-order chi connectivity index (χ0) is 25.1. The molecule has 1 aromatic heterocycles. The molecule has 0 spiro atoms. The van der Waals surface area contributed by atoms with Crippen molar-refractivity contribution in [3.8, 4) is 23.3 Å². The van der Waals surface area contributed by atoms with Crippen molar-refractivity contribution in [1.29, 1.82) is 10.5 Å². The Morgan fingerprint density at radius 3 is 2.43 bits per heavy atom. The van der Waals surface area contributed by atoms with Gasteiger partial charge in [0.1, 0.15) is 28.5 Å². The SMILES string of the molecule is CCC(Sc1nc(N)c(C#N)c(-c2ccc(C(C)C)cc2)c1C#N)C(=O)N1CCc2ccccc21. The number of carbonyl (C=O) groups excluding carboxylic acids is 1. The van der Waals surface area contributed by atoms with Crippen LogP contribution < -0.4 is 10.6 Å². The summed E-state index contributed by atoms with van der Waals surface area (Å²) in [6.07, 6.45) is 1.39. The number of hydrogen-bond acceptors (Lipinski definition) is 6. The molecule has 0 saturated heterocycles. The Morgan fingerprint density at radius 1 is 1.11 bits per heavy atom. The van der Waals surface area contributed by atoms with Crippen molar-refractivity contribution in [3.63, 3.8) is 0 Å². The molecule has 2 heterocycles. The van der Waals surface area contributed by atoms with Crippen molar-refractivity contribution < 1.29 is 4.79 Å². The van der Waals surface area contributed by atoms with E-state index in [0.29, 0.717) is 29.5 Å². The minimum atomic E-state index is -0.441. The van der Waals surface area contributed by atoms with E-state index in [1.807, 2.05) is 60.4 Å². The van der Waals surface area contributed by atoms with Gasteiger partial charge >= 0.3 is 0 Å². The molecule has 4 rings (SSSR count). The number of nitrogens with two attached hydrogens (primary N) is 1. The molecule has 6 nitrogen and oxygen atoms in total. The van der Waals surface area contributed by atoms with Gasteiger partial charge in [-0.15, -0.1) is 0 Å². The van der Waals surface area contributed by atoms with Crippen LogP contribution in [0.25, 0.3) is 11.1 Å². The summed E-state index contributed by atoms with van der Waals surface area (Å²) in [5.74, 6) is 0.403. The van der Waals surface area contributed by atoms with Gasteiger partial charge in [0.05, 0.1) is 10.8 Å². The number of hydrogen-bond donors (Lipinski definition) is 1. The van der Waals surface area contributed by atoms with E-state index in [2.05, 4.69) is 31.0 Å². The molecule has 2 aromatic carbocycles. The molecule has 35 heavy (non-hydrogen) atoms. The van der Waals surface area contributed by atoms with Crippen LogP contribution in [0.3, 0.4) is 0 Å². The van der Waals surface area contributed by atoms with Crippen LogP contribution in [-0.4, -0.2) is 22.7 Å². The summed E-state index contributed by atoms with van der Waals surface area (Å²) in [4.78, 5) is 19.8. The summed E-state index contributed by atoms with van der Waals surface area (Å²) in [5.41, 5.74) is 11.1. The monoisotopic (exact) mass is 481 g/mol. The van der Waals surface area contributed by atoms with E-state index in [1.165, 1.54) is 11.8 Å². The van der Waals surface area contributed by atoms with Crippen molar-refractivity contribution in [1.82, 2.24) is 4.98 Å². The van der Waals surface area contributed by atoms with Crippen LogP contribution in [-0.2, 0) is 11.2 Å². The lowest BCUT2D eigenvalue weighted by atomic mass is 9.94. The number of nitriles is 2. The Kier molecular flexibility index (Phi) is 7.10. The number of thioether (sulfide) groups is 1. The highest BCUT2D eigenvalue weighted by molar-refractivity contribution is 8.00. The third-order valence-corrected chi connectivity index (χ3v) is 7.67. The second-order valence-electron chi connectivity index (χ2n) is 8.81. The number of rotatable bonds is 6. The van der Waals surface area contributed by atoms with Crippen LogP contribution in [0.15, 0.2) is 53.6 Å². The van der Waals surface area contributed by atoms with Crippen molar-refractivity contribution in [2.45, 2.75) is 49.8 Å². The zero-order valence-electron chi connectivity index (χ0n) is 20.1. The Balaban J connectivity index is 1.74. The van der Waals surface area contributed by atoms with E-state index >= 15 is 0 Å². The van der Waals surface area contributed by atoms with Gasteiger partial charge < -0.3 is 10.6 Å². The molecule has 0 radical (unpaired) electrons. The minimum absolute atomic E-state index is 0.0149. The van der Waals surface area contributed by atoms with Crippen molar-refractivity contribution in [2.24, 2.45) is 0 Å². The lowest BCUT2D eigenvalue weighted by Gasteiger charge is -2.23. The van der Waals surface area contributed by atoms with Gasteiger partial charge in [-0.2, -0.15) is 10.5 Å². The molecule has 0 saturated carbocycles. The highest BCUT2D eigenvalue weighted by Crippen LogP contribution is 2.39. The van der Waals surface area contributed by atoms with Gasteiger partial charge in [0.15, 0.2) is 0 Å². The normalized spacial score (nSPS) is 13.3. The third kappa shape index (κ3) is 4.60. The molecule has 176 valence electrons. The average Bonchev–Trinajstić information content (AvgIpc) is 3.30. The molecule has 3 aromatic rings. The number of amides is 1. The number of anilines is 2. The van der Waals surface area contributed by atoms with Gasteiger partial charge in [-0.25, -0.2) is 4.98 Å². The summed E-state index contributed by atoms with van der Waals surface area (Å²) in [6, 6.07) is 20.1. The number of nitrogens with zero attached hydrogens (tertiary/aromatic N) is 4. The van der Waals surface area contributed by atoms with Gasteiger partial charge in [0.25, 0.3) is 0 Å². The zero-order valence-corrected chi connectivity index (χ0v) is 20.9. The van der Waals surface area contributed by atoms with E-state index in [0.717, 1.165) is 28.8 Å². The Hall–Kier alpha value is -3.81. The lowest BCUT2D eigenvalue weighted by molar-refractivity contribution is -0.118. The topological polar surface area (TPSA) is 107 Å². The van der Waals surface area contributed by atoms with Crippen molar-refractivity contribution in [3.05, 3.63) is 70.8 Å². The smallest absolute Gasteiger partial charge is 0.240 e. The minimum Gasteiger partial charge on any atom is -0.383 e. The second-order valence-corrected chi connectivity index (χ2v) is 10.0. The van der Waals surface area contributed by atoms with E-state index in [4.69, 9.17) is 5.73 Å². The van der Waals surface area contributed by atoms with E-state index in [1.54, 1.807) is 0 Å². The van der Waals surface area contributed by atoms with E-state index in [-0.39, 0.29) is 22.9 Å². The molecule has 0 bridgehead atoms. The second kappa shape index (κ2) is 10.2. The van der Waals surface area contributed by atoms with Crippen LogP contribution >= 0.6 is 11.8 Å². The number of aromatic nitrogens is 1. The Morgan fingerprint density at radius 2 is 1.80 bits per heavy atom. The molecule has 1 amide bonds. The fraction of sp³-hybridized carbons (Fsp3) is 0.286. The molecule has 1 aliphatic rings. The first kappa shape index (κ1) is 24.3. The summed E-state index contributed by atoms with van der Waals surface area (Å²) >= 11 is 1.25. The maximum atomic E-state index is 13.5. The largest absolute Gasteiger partial charge is 0.383 e. The molecule has 1 atom stereocenters. The molecule has 0 fully saturated rings. The number of benzene rings is 2. The van der Waals surface area contributed by atoms with Crippen LogP contribution in [0.2, 0.25) is 0 Å². The molecule has 1 aliphatic heterocycles. The Labute approximate surface area is 210 Å². The molecular weight excluding hydrogens is 454 g/mol. The summed E-state index contributed by atoms with van der Waals surface area (Å²) in [6.45, 7) is 6.80.